The monoisotopic (exact) mass is 353 g/mol. The number of thiophene rings is 1. The molecule has 2 aromatic rings. The van der Waals surface area contributed by atoms with Crippen LogP contribution < -0.4 is 4.72 Å². The second-order valence-corrected chi connectivity index (χ2v) is 8.65. The molecule has 8 heteroatoms. The number of rotatable bonds is 5. The van der Waals surface area contributed by atoms with E-state index in [1.165, 1.54) is 18.3 Å². The Labute approximate surface area is 139 Å². The third-order valence-electron chi connectivity index (χ3n) is 3.88. The number of aromatic nitrogens is 1. The summed E-state index contributed by atoms with van der Waals surface area (Å²) in [5.74, 6) is 0.0242. The third kappa shape index (κ3) is 3.65. The highest BCUT2D eigenvalue weighted by Crippen LogP contribution is 2.30. The van der Waals surface area contributed by atoms with Crippen LogP contribution in [0.4, 0.5) is 0 Å². The fourth-order valence-electron chi connectivity index (χ4n) is 2.61. The Morgan fingerprint density at radius 2 is 2.09 bits per heavy atom. The van der Waals surface area contributed by atoms with Gasteiger partial charge in [-0.2, -0.15) is 0 Å². The normalized spacial score (nSPS) is 14.7. The average molecular weight is 353 g/mol. The summed E-state index contributed by atoms with van der Waals surface area (Å²) in [7, 11) is -3.49. The zero-order valence-corrected chi connectivity index (χ0v) is 14.5. The Kier molecular flexibility index (Phi) is 4.56. The number of nitrogens with one attached hydrogen (secondary N) is 1. The van der Waals surface area contributed by atoms with Gasteiger partial charge in [-0.15, -0.1) is 11.3 Å². The van der Waals surface area contributed by atoms with E-state index in [0.29, 0.717) is 30.4 Å². The van der Waals surface area contributed by atoms with Gasteiger partial charge in [0, 0.05) is 50.4 Å². The minimum absolute atomic E-state index is 0.0242. The van der Waals surface area contributed by atoms with Crippen LogP contribution in [0.5, 0.6) is 0 Å². The molecule has 124 valence electrons. The Morgan fingerprint density at radius 1 is 1.35 bits per heavy atom. The molecule has 1 amide bonds. The summed E-state index contributed by atoms with van der Waals surface area (Å²) in [5, 5.41) is 0. The van der Waals surface area contributed by atoms with Gasteiger partial charge in [0.1, 0.15) is 4.21 Å². The fourth-order valence-corrected chi connectivity index (χ4v) is 5.22. The van der Waals surface area contributed by atoms with Gasteiger partial charge in [-0.05, 0) is 30.2 Å². The molecule has 1 aliphatic heterocycles. The maximum Gasteiger partial charge on any atom is 0.250 e. The van der Waals surface area contributed by atoms with Crippen molar-refractivity contribution < 1.29 is 13.2 Å². The zero-order valence-electron chi connectivity index (χ0n) is 12.9. The van der Waals surface area contributed by atoms with Crippen molar-refractivity contribution >= 4 is 27.3 Å². The molecule has 1 aliphatic rings. The van der Waals surface area contributed by atoms with Gasteiger partial charge < -0.3 is 9.47 Å². The van der Waals surface area contributed by atoms with Crippen molar-refractivity contribution in [2.45, 2.75) is 30.6 Å². The summed E-state index contributed by atoms with van der Waals surface area (Å²) < 4.78 is 29.7. The number of hydrogen-bond acceptors (Lipinski definition) is 4. The zero-order chi connectivity index (χ0) is 16.4. The van der Waals surface area contributed by atoms with Crippen molar-refractivity contribution in [2.75, 3.05) is 13.1 Å². The summed E-state index contributed by atoms with van der Waals surface area (Å²) in [6.45, 7) is 3.63. The SMILES string of the molecule is CC(=O)N1CCc2sc(S(=O)(=O)NCCn3cccc3)cc2C1. The van der Waals surface area contributed by atoms with Gasteiger partial charge in [-0.25, -0.2) is 13.1 Å². The van der Waals surface area contributed by atoms with Crippen molar-refractivity contribution in [3.8, 4) is 0 Å². The third-order valence-corrected chi connectivity index (χ3v) is 7.05. The molecule has 0 radical (unpaired) electrons. The van der Waals surface area contributed by atoms with Crippen LogP contribution in [0.3, 0.4) is 0 Å². The molecule has 2 aromatic heterocycles. The van der Waals surface area contributed by atoms with E-state index < -0.39 is 10.0 Å². The first-order chi connectivity index (χ1) is 11.0. The molecule has 0 spiro atoms. The van der Waals surface area contributed by atoms with E-state index in [1.807, 2.05) is 29.1 Å². The van der Waals surface area contributed by atoms with Crippen LogP contribution in [0.15, 0.2) is 34.8 Å². The van der Waals surface area contributed by atoms with E-state index in [0.717, 1.165) is 16.9 Å². The standard InChI is InChI=1S/C15H19N3O3S2/c1-12(19)18-8-4-14-13(11-18)10-15(22-14)23(20,21)16-5-9-17-6-2-3-7-17/h2-3,6-7,10,16H,4-5,8-9,11H2,1H3. The number of carbonyl (C=O) groups is 1. The Morgan fingerprint density at radius 3 is 2.78 bits per heavy atom. The summed E-state index contributed by atoms with van der Waals surface area (Å²) in [5.41, 5.74) is 0.947. The molecule has 0 saturated heterocycles. The molecule has 0 bridgehead atoms. The molecule has 0 aromatic carbocycles. The molecule has 0 saturated carbocycles. The molecule has 23 heavy (non-hydrogen) atoms. The summed E-state index contributed by atoms with van der Waals surface area (Å²) >= 11 is 1.31. The summed E-state index contributed by atoms with van der Waals surface area (Å²) in [6, 6.07) is 5.51. The Hall–Kier alpha value is -1.64. The predicted octanol–water partition coefficient (Wildman–Crippen LogP) is 1.43. The Bertz CT molecular complexity index is 794. The largest absolute Gasteiger partial charge is 0.353 e. The van der Waals surface area contributed by atoms with Crippen LogP contribution in [0, 0.1) is 0 Å². The van der Waals surface area contributed by atoms with Crippen LogP contribution in [0.1, 0.15) is 17.4 Å². The first-order valence-electron chi connectivity index (χ1n) is 7.43. The lowest BCUT2D eigenvalue weighted by Gasteiger charge is -2.25. The first kappa shape index (κ1) is 16.2. The molecule has 6 nitrogen and oxygen atoms in total. The number of amides is 1. The van der Waals surface area contributed by atoms with Crippen LogP contribution in [0.2, 0.25) is 0 Å². The Balaban J connectivity index is 1.68. The first-order valence-corrected chi connectivity index (χ1v) is 9.73. The van der Waals surface area contributed by atoms with E-state index in [4.69, 9.17) is 0 Å². The second-order valence-electron chi connectivity index (χ2n) is 5.52. The van der Waals surface area contributed by atoms with E-state index in [9.17, 15) is 13.2 Å². The van der Waals surface area contributed by atoms with Gasteiger partial charge in [0.2, 0.25) is 15.9 Å². The van der Waals surface area contributed by atoms with Crippen LogP contribution in [-0.2, 0) is 34.3 Å². The molecule has 3 rings (SSSR count). The number of fused-ring (bicyclic) bond motifs is 1. The molecular weight excluding hydrogens is 334 g/mol. The average Bonchev–Trinajstić information content (AvgIpc) is 3.15. The van der Waals surface area contributed by atoms with Crippen LogP contribution >= 0.6 is 11.3 Å². The van der Waals surface area contributed by atoms with Gasteiger partial charge >= 0.3 is 0 Å². The van der Waals surface area contributed by atoms with Crippen molar-refractivity contribution in [1.82, 2.24) is 14.2 Å². The smallest absolute Gasteiger partial charge is 0.250 e. The van der Waals surface area contributed by atoms with E-state index in [1.54, 1.807) is 11.0 Å². The lowest BCUT2D eigenvalue weighted by atomic mass is 10.1. The van der Waals surface area contributed by atoms with Gasteiger partial charge in [0.15, 0.2) is 0 Å². The summed E-state index contributed by atoms with van der Waals surface area (Å²) in [4.78, 5) is 14.3. The molecule has 0 unspecified atom stereocenters. The van der Waals surface area contributed by atoms with Crippen molar-refractivity contribution in [3.05, 3.63) is 41.0 Å². The maximum atomic E-state index is 12.4. The predicted molar refractivity (Wildman–Crippen MR) is 88.7 cm³/mol. The van der Waals surface area contributed by atoms with Crippen LogP contribution in [-0.4, -0.2) is 36.9 Å². The lowest BCUT2D eigenvalue weighted by Crippen LogP contribution is -2.33. The van der Waals surface area contributed by atoms with Gasteiger partial charge in [-0.3, -0.25) is 4.79 Å². The molecule has 3 heterocycles. The van der Waals surface area contributed by atoms with Gasteiger partial charge in [0.25, 0.3) is 0 Å². The van der Waals surface area contributed by atoms with E-state index >= 15 is 0 Å². The highest BCUT2D eigenvalue weighted by molar-refractivity contribution is 7.91. The fraction of sp³-hybridized carbons (Fsp3) is 0.400. The highest BCUT2D eigenvalue weighted by Gasteiger charge is 2.25. The number of sulfonamides is 1. The number of hydrogen-bond donors (Lipinski definition) is 1. The minimum atomic E-state index is -3.49. The highest BCUT2D eigenvalue weighted by atomic mass is 32.2. The quantitative estimate of drug-likeness (QED) is 0.884. The van der Waals surface area contributed by atoms with Crippen molar-refractivity contribution in [3.63, 3.8) is 0 Å². The van der Waals surface area contributed by atoms with E-state index in [-0.39, 0.29) is 5.91 Å². The van der Waals surface area contributed by atoms with Crippen LogP contribution in [0.25, 0.3) is 0 Å². The molecule has 0 aliphatic carbocycles. The van der Waals surface area contributed by atoms with Crippen molar-refractivity contribution in [2.24, 2.45) is 0 Å². The number of nitrogens with zero attached hydrogens (tertiary/aromatic N) is 2. The lowest BCUT2D eigenvalue weighted by molar-refractivity contribution is -0.129. The van der Waals surface area contributed by atoms with E-state index in [2.05, 4.69) is 4.72 Å². The molecule has 0 atom stereocenters. The van der Waals surface area contributed by atoms with Gasteiger partial charge in [-0.1, -0.05) is 0 Å². The van der Waals surface area contributed by atoms with Crippen molar-refractivity contribution in [1.29, 1.82) is 0 Å². The molecular formula is C15H19N3O3S2. The minimum Gasteiger partial charge on any atom is -0.353 e. The van der Waals surface area contributed by atoms with Gasteiger partial charge in [0.05, 0.1) is 0 Å². The second kappa shape index (κ2) is 6.46. The summed E-state index contributed by atoms with van der Waals surface area (Å²) in [6.07, 6.45) is 4.52. The maximum absolute atomic E-state index is 12.4. The topological polar surface area (TPSA) is 71.4 Å². The molecule has 0 fully saturated rings. The number of carbonyl (C=O) groups excluding carboxylic acids is 1. The molecule has 1 N–H and O–H groups in total.